The van der Waals surface area contributed by atoms with Gasteiger partial charge in [-0.2, -0.15) is 5.10 Å². The molecule has 164 valence electrons. The zero-order valence-electron chi connectivity index (χ0n) is 17.6. The molecule has 0 aliphatic rings. The number of hydrogen-bond acceptors (Lipinski definition) is 5. The molecule has 32 heavy (non-hydrogen) atoms. The van der Waals surface area contributed by atoms with E-state index in [9.17, 15) is 4.79 Å². The summed E-state index contributed by atoms with van der Waals surface area (Å²) in [5, 5.41) is 4.41. The molecule has 4 rings (SSSR count). The number of carbonyl (C=O) groups is 1. The van der Waals surface area contributed by atoms with Crippen molar-refractivity contribution in [3.8, 4) is 28.3 Å². The molecule has 10 heteroatoms. The number of hydrogen-bond donors (Lipinski definition) is 1. The van der Waals surface area contributed by atoms with Crippen LogP contribution in [-0.2, 0) is 13.6 Å². The van der Waals surface area contributed by atoms with E-state index in [1.807, 2.05) is 12.1 Å². The Hall–Kier alpha value is -4.08. The molecule has 8 nitrogen and oxygen atoms in total. The Balaban J connectivity index is 1.69. The van der Waals surface area contributed by atoms with Gasteiger partial charge in [0, 0.05) is 36.0 Å². The van der Waals surface area contributed by atoms with Crippen LogP contribution in [-0.4, -0.2) is 37.3 Å². The molecule has 4 aromatic rings. The number of aromatic nitrogens is 5. The van der Waals surface area contributed by atoms with E-state index in [4.69, 9.17) is 10.5 Å². The van der Waals surface area contributed by atoms with E-state index in [1.54, 1.807) is 23.9 Å². The summed E-state index contributed by atoms with van der Waals surface area (Å²) in [7, 11) is 3.04. The third-order valence-electron chi connectivity index (χ3n) is 5.12. The Labute approximate surface area is 182 Å². The Kier molecular flexibility index (Phi) is 5.43. The lowest BCUT2D eigenvalue weighted by Crippen LogP contribution is -2.17. The molecular weight excluding hydrogens is 418 g/mol. The molecular formula is C22H20F2N6O2. The molecule has 0 bridgehead atoms. The highest BCUT2D eigenvalue weighted by Gasteiger charge is 2.22. The average molecular weight is 438 g/mol. The SMILES string of the molecule is COc1cccc(Cn2cc(-c3ccc(-c4cnc(C(N)=O)n4C)c(F)c3F)c(C)n2)n1. The Morgan fingerprint density at radius 3 is 2.53 bits per heavy atom. The van der Waals surface area contributed by atoms with E-state index in [0.717, 1.165) is 0 Å². The van der Waals surface area contributed by atoms with Crippen LogP contribution in [0.1, 0.15) is 22.0 Å². The van der Waals surface area contributed by atoms with E-state index in [2.05, 4.69) is 15.1 Å². The number of ether oxygens (including phenoxy) is 1. The van der Waals surface area contributed by atoms with Crippen LogP contribution in [0.2, 0.25) is 0 Å². The monoisotopic (exact) mass is 438 g/mol. The van der Waals surface area contributed by atoms with Gasteiger partial charge in [-0.3, -0.25) is 9.48 Å². The predicted octanol–water partition coefficient (Wildman–Crippen LogP) is 3.09. The second kappa shape index (κ2) is 8.22. The van der Waals surface area contributed by atoms with Crippen molar-refractivity contribution in [2.45, 2.75) is 13.5 Å². The number of benzene rings is 1. The zero-order chi connectivity index (χ0) is 23.0. The largest absolute Gasteiger partial charge is 0.481 e. The first-order valence-corrected chi connectivity index (χ1v) is 9.64. The highest BCUT2D eigenvalue weighted by atomic mass is 19.2. The van der Waals surface area contributed by atoms with Gasteiger partial charge in [-0.25, -0.2) is 18.7 Å². The molecule has 0 aliphatic carbocycles. The number of imidazole rings is 1. The number of pyridine rings is 1. The third-order valence-corrected chi connectivity index (χ3v) is 5.12. The maximum absolute atomic E-state index is 15.1. The van der Waals surface area contributed by atoms with Crippen molar-refractivity contribution in [1.29, 1.82) is 0 Å². The van der Waals surface area contributed by atoms with Gasteiger partial charge in [-0.1, -0.05) is 12.1 Å². The second-order valence-electron chi connectivity index (χ2n) is 7.18. The number of amides is 1. The predicted molar refractivity (Wildman–Crippen MR) is 113 cm³/mol. The van der Waals surface area contributed by atoms with Crippen molar-refractivity contribution < 1.29 is 18.3 Å². The van der Waals surface area contributed by atoms with Gasteiger partial charge in [0.05, 0.1) is 36.9 Å². The van der Waals surface area contributed by atoms with Gasteiger partial charge in [-0.05, 0) is 19.1 Å². The van der Waals surface area contributed by atoms with Crippen LogP contribution in [0.4, 0.5) is 8.78 Å². The van der Waals surface area contributed by atoms with E-state index in [-0.39, 0.29) is 22.6 Å². The van der Waals surface area contributed by atoms with E-state index < -0.39 is 17.5 Å². The van der Waals surface area contributed by atoms with Crippen molar-refractivity contribution >= 4 is 5.91 Å². The molecule has 0 radical (unpaired) electrons. The molecule has 0 saturated heterocycles. The fraction of sp³-hybridized carbons (Fsp3) is 0.182. The highest BCUT2D eigenvalue weighted by molar-refractivity contribution is 5.90. The lowest BCUT2D eigenvalue weighted by Gasteiger charge is -2.09. The van der Waals surface area contributed by atoms with Crippen LogP contribution in [0, 0.1) is 18.6 Å². The lowest BCUT2D eigenvalue weighted by molar-refractivity contribution is 0.0987. The zero-order valence-corrected chi connectivity index (χ0v) is 17.6. The number of halogens is 2. The quantitative estimate of drug-likeness (QED) is 0.499. The van der Waals surface area contributed by atoms with Crippen molar-refractivity contribution in [1.82, 2.24) is 24.3 Å². The summed E-state index contributed by atoms with van der Waals surface area (Å²) in [6.07, 6.45) is 2.92. The van der Waals surface area contributed by atoms with Crippen LogP contribution >= 0.6 is 0 Å². The number of carbonyl (C=O) groups excluding carboxylic acids is 1. The van der Waals surface area contributed by atoms with Gasteiger partial charge in [0.2, 0.25) is 5.88 Å². The summed E-state index contributed by atoms with van der Waals surface area (Å²) in [6, 6.07) is 8.28. The first-order valence-electron chi connectivity index (χ1n) is 9.64. The fourth-order valence-electron chi connectivity index (χ4n) is 3.53. The molecule has 1 amide bonds. The van der Waals surface area contributed by atoms with Crippen molar-refractivity contribution in [2.75, 3.05) is 7.11 Å². The molecule has 0 unspecified atom stereocenters. The molecule has 0 aliphatic heterocycles. The molecule has 2 N–H and O–H groups in total. The minimum absolute atomic E-state index is 0.0284. The number of nitrogens with two attached hydrogens (primary N) is 1. The first kappa shape index (κ1) is 21.2. The molecule has 0 spiro atoms. The molecule has 3 aromatic heterocycles. The Morgan fingerprint density at radius 2 is 1.84 bits per heavy atom. The number of aryl methyl sites for hydroxylation is 1. The smallest absolute Gasteiger partial charge is 0.284 e. The van der Waals surface area contributed by atoms with Crippen LogP contribution in [0.3, 0.4) is 0 Å². The third kappa shape index (κ3) is 3.70. The Morgan fingerprint density at radius 1 is 1.12 bits per heavy atom. The van der Waals surface area contributed by atoms with Crippen LogP contribution in [0.15, 0.2) is 42.7 Å². The fourth-order valence-corrected chi connectivity index (χ4v) is 3.53. The molecule has 0 saturated carbocycles. The summed E-state index contributed by atoms with van der Waals surface area (Å²) in [6.45, 7) is 2.06. The van der Waals surface area contributed by atoms with Crippen LogP contribution < -0.4 is 10.5 Å². The van der Waals surface area contributed by atoms with E-state index in [0.29, 0.717) is 29.4 Å². The minimum Gasteiger partial charge on any atom is -0.481 e. The number of primary amides is 1. The van der Waals surface area contributed by atoms with Gasteiger partial charge < -0.3 is 15.0 Å². The van der Waals surface area contributed by atoms with E-state index >= 15 is 8.78 Å². The van der Waals surface area contributed by atoms with Gasteiger partial charge in [0.25, 0.3) is 5.91 Å². The standard InChI is InChI=1S/C22H20F2N6O2/c1-12-16(11-30(28-12)10-13-5-4-6-18(27-13)32-3)14-7-8-15(20(24)19(14)23)17-9-26-22(21(25)31)29(17)2/h4-9,11H,10H2,1-3H3,(H2,25,31). The van der Waals surface area contributed by atoms with Crippen molar-refractivity contribution in [3.05, 3.63) is 71.6 Å². The summed E-state index contributed by atoms with van der Waals surface area (Å²) >= 11 is 0. The van der Waals surface area contributed by atoms with Crippen LogP contribution in [0.25, 0.3) is 22.4 Å². The second-order valence-corrected chi connectivity index (χ2v) is 7.18. The molecule has 0 fully saturated rings. The van der Waals surface area contributed by atoms with Gasteiger partial charge in [0.15, 0.2) is 17.5 Å². The van der Waals surface area contributed by atoms with Crippen molar-refractivity contribution in [3.63, 3.8) is 0 Å². The molecule has 0 atom stereocenters. The Bertz CT molecular complexity index is 1330. The maximum Gasteiger partial charge on any atom is 0.284 e. The molecule has 1 aromatic carbocycles. The number of rotatable bonds is 6. The minimum atomic E-state index is -1.05. The highest BCUT2D eigenvalue weighted by Crippen LogP contribution is 2.33. The lowest BCUT2D eigenvalue weighted by atomic mass is 10.0. The summed E-state index contributed by atoms with van der Waals surface area (Å²) in [4.78, 5) is 19.6. The average Bonchev–Trinajstić information content (AvgIpc) is 3.32. The van der Waals surface area contributed by atoms with Gasteiger partial charge >= 0.3 is 0 Å². The maximum atomic E-state index is 15.1. The molecule has 3 heterocycles. The van der Waals surface area contributed by atoms with E-state index in [1.165, 1.54) is 37.1 Å². The van der Waals surface area contributed by atoms with Gasteiger partial charge in [0.1, 0.15) is 0 Å². The number of nitrogens with zero attached hydrogens (tertiary/aromatic N) is 5. The van der Waals surface area contributed by atoms with Crippen molar-refractivity contribution in [2.24, 2.45) is 12.8 Å². The first-order chi connectivity index (χ1) is 15.3. The van der Waals surface area contributed by atoms with Gasteiger partial charge in [-0.15, -0.1) is 0 Å². The number of methoxy groups -OCH3 is 1. The topological polar surface area (TPSA) is 101 Å². The summed E-state index contributed by atoms with van der Waals surface area (Å²) in [5.41, 5.74) is 7.24. The summed E-state index contributed by atoms with van der Waals surface area (Å²) in [5.74, 6) is -2.41. The van der Waals surface area contributed by atoms with Crippen LogP contribution in [0.5, 0.6) is 5.88 Å². The summed E-state index contributed by atoms with van der Waals surface area (Å²) < 4.78 is 38.2. The normalized spacial score (nSPS) is 11.0.